The molecule has 18 heavy (non-hydrogen) atoms. The summed E-state index contributed by atoms with van der Waals surface area (Å²) >= 11 is 0. The third-order valence-corrected chi connectivity index (χ3v) is 3.13. The number of nitrogens with zero attached hydrogens (tertiary/aromatic N) is 1. The van der Waals surface area contributed by atoms with Gasteiger partial charge in [-0.2, -0.15) is 0 Å². The normalized spacial score (nSPS) is 23.8. The number of anilines is 2. The minimum Gasteiger partial charge on any atom is -0.375 e. The number of amides is 1. The van der Waals surface area contributed by atoms with Crippen LogP contribution in [0.2, 0.25) is 0 Å². The van der Waals surface area contributed by atoms with Crippen LogP contribution in [0.1, 0.15) is 20.8 Å². The SMILES string of the molecule is CC(=O)Nc1ccc(N2CC(C)OCC2C)cc1. The molecule has 98 valence electrons. The zero-order valence-electron chi connectivity index (χ0n) is 11.1. The molecule has 2 unspecified atom stereocenters. The van der Waals surface area contributed by atoms with Gasteiger partial charge in [-0.1, -0.05) is 0 Å². The lowest BCUT2D eigenvalue weighted by molar-refractivity contribution is -0.114. The highest BCUT2D eigenvalue weighted by atomic mass is 16.5. The lowest BCUT2D eigenvalue weighted by Crippen LogP contribution is -2.47. The van der Waals surface area contributed by atoms with Gasteiger partial charge >= 0.3 is 0 Å². The second kappa shape index (κ2) is 5.40. The van der Waals surface area contributed by atoms with Gasteiger partial charge in [-0.15, -0.1) is 0 Å². The van der Waals surface area contributed by atoms with E-state index < -0.39 is 0 Å². The monoisotopic (exact) mass is 248 g/mol. The first kappa shape index (κ1) is 12.9. The van der Waals surface area contributed by atoms with Crippen LogP contribution in [0.4, 0.5) is 11.4 Å². The summed E-state index contributed by atoms with van der Waals surface area (Å²) in [4.78, 5) is 13.3. The molecule has 1 saturated heterocycles. The van der Waals surface area contributed by atoms with E-state index in [0.717, 1.165) is 18.8 Å². The highest BCUT2D eigenvalue weighted by molar-refractivity contribution is 5.88. The molecule has 4 heteroatoms. The molecule has 1 fully saturated rings. The average molecular weight is 248 g/mol. The van der Waals surface area contributed by atoms with Crippen molar-refractivity contribution in [3.63, 3.8) is 0 Å². The number of hydrogen-bond acceptors (Lipinski definition) is 3. The van der Waals surface area contributed by atoms with Crippen LogP contribution in [0.5, 0.6) is 0 Å². The Morgan fingerprint density at radius 2 is 2.00 bits per heavy atom. The van der Waals surface area contributed by atoms with Gasteiger partial charge in [0, 0.05) is 30.9 Å². The van der Waals surface area contributed by atoms with E-state index in [0.29, 0.717) is 6.04 Å². The van der Waals surface area contributed by atoms with Gasteiger partial charge in [0.25, 0.3) is 0 Å². The minimum absolute atomic E-state index is 0.0453. The van der Waals surface area contributed by atoms with Gasteiger partial charge in [-0.25, -0.2) is 0 Å². The molecule has 0 aromatic heterocycles. The highest BCUT2D eigenvalue weighted by Gasteiger charge is 2.23. The number of benzene rings is 1. The fourth-order valence-electron chi connectivity index (χ4n) is 2.20. The Morgan fingerprint density at radius 3 is 2.61 bits per heavy atom. The van der Waals surface area contributed by atoms with Gasteiger partial charge in [-0.05, 0) is 38.1 Å². The molecule has 0 bridgehead atoms. The Bertz CT molecular complexity index is 416. The van der Waals surface area contributed by atoms with E-state index in [1.807, 2.05) is 24.3 Å². The van der Waals surface area contributed by atoms with Crippen LogP contribution in [0.25, 0.3) is 0 Å². The summed E-state index contributed by atoms with van der Waals surface area (Å²) in [5.74, 6) is -0.0453. The standard InChI is InChI=1S/C14H20N2O2/c1-10-9-18-11(2)8-16(10)14-6-4-13(5-7-14)15-12(3)17/h4-7,10-11H,8-9H2,1-3H3,(H,15,17). The lowest BCUT2D eigenvalue weighted by Gasteiger charge is -2.38. The molecule has 1 aliphatic rings. The van der Waals surface area contributed by atoms with E-state index in [9.17, 15) is 4.79 Å². The number of rotatable bonds is 2. The maximum atomic E-state index is 11.0. The van der Waals surface area contributed by atoms with Crippen LogP contribution >= 0.6 is 0 Å². The quantitative estimate of drug-likeness (QED) is 0.873. The predicted octanol–water partition coefficient (Wildman–Crippen LogP) is 2.26. The van der Waals surface area contributed by atoms with E-state index in [-0.39, 0.29) is 12.0 Å². The largest absolute Gasteiger partial charge is 0.375 e. The average Bonchev–Trinajstić information content (AvgIpc) is 2.33. The summed E-state index contributed by atoms with van der Waals surface area (Å²) in [6.07, 6.45) is 0.260. The van der Waals surface area contributed by atoms with Crippen molar-refractivity contribution in [2.24, 2.45) is 0 Å². The van der Waals surface area contributed by atoms with Crippen molar-refractivity contribution in [3.8, 4) is 0 Å². The Labute approximate surface area is 108 Å². The van der Waals surface area contributed by atoms with Crippen LogP contribution in [-0.2, 0) is 9.53 Å². The molecule has 2 atom stereocenters. The van der Waals surface area contributed by atoms with Gasteiger partial charge < -0.3 is 15.0 Å². The smallest absolute Gasteiger partial charge is 0.221 e. The van der Waals surface area contributed by atoms with Gasteiger partial charge in [0.15, 0.2) is 0 Å². The van der Waals surface area contributed by atoms with Gasteiger partial charge in [-0.3, -0.25) is 4.79 Å². The van der Waals surface area contributed by atoms with Crippen molar-refractivity contribution in [2.75, 3.05) is 23.4 Å². The number of morpholine rings is 1. The second-order valence-electron chi connectivity index (χ2n) is 4.87. The Morgan fingerprint density at radius 1 is 1.33 bits per heavy atom. The summed E-state index contributed by atoms with van der Waals surface area (Å²) < 4.78 is 5.62. The number of hydrogen-bond donors (Lipinski definition) is 1. The Kier molecular flexibility index (Phi) is 3.87. The highest BCUT2D eigenvalue weighted by Crippen LogP contribution is 2.23. The molecule has 1 aliphatic heterocycles. The van der Waals surface area contributed by atoms with E-state index in [2.05, 4.69) is 24.1 Å². The molecule has 1 heterocycles. The summed E-state index contributed by atoms with van der Waals surface area (Å²) in [6.45, 7) is 7.42. The molecule has 0 aliphatic carbocycles. The van der Waals surface area contributed by atoms with Crippen LogP contribution in [0.15, 0.2) is 24.3 Å². The number of ether oxygens (including phenoxy) is 1. The van der Waals surface area contributed by atoms with Crippen molar-refractivity contribution < 1.29 is 9.53 Å². The first-order valence-electron chi connectivity index (χ1n) is 6.32. The summed E-state index contributed by atoms with van der Waals surface area (Å²) in [5, 5.41) is 2.77. The maximum Gasteiger partial charge on any atom is 0.221 e. The van der Waals surface area contributed by atoms with Gasteiger partial charge in [0.1, 0.15) is 0 Å². The summed E-state index contributed by atoms with van der Waals surface area (Å²) in [7, 11) is 0. The molecule has 0 radical (unpaired) electrons. The Hall–Kier alpha value is -1.55. The van der Waals surface area contributed by atoms with Crippen LogP contribution < -0.4 is 10.2 Å². The lowest BCUT2D eigenvalue weighted by atomic mass is 10.1. The zero-order chi connectivity index (χ0) is 13.1. The number of carbonyl (C=O) groups is 1. The summed E-state index contributed by atoms with van der Waals surface area (Å²) in [5.41, 5.74) is 2.01. The predicted molar refractivity (Wildman–Crippen MR) is 73.0 cm³/mol. The fourth-order valence-corrected chi connectivity index (χ4v) is 2.20. The topological polar surface area (TPSA) is 41.6 Å². The first-order chi connectivity index (χ1) is 8.56. The van der Waals surface area contributed by atoms with E-state index in [1.54, 1.807) is 0 Å². The van der Waals surface area contributed by atoms with Crippen LogP contribution in [0.3, 0.4) is 0 Å². The third kappa shape index (κ3) is 3.01. The molecule has 1 amide bonds. The van der Waals surface area contributed by atoms with Gasteiger partial charge in [0.2, 0.25) is 5.91 Å². The van der Waals surface area contributed by atoms with Crippen molar-refractivity contribution >= 4 is 17.3 Å². The molecule has 0 spiro atoms. The minimum atomic E-state index is -0.0453. The van der Waals surface area contributed by atoms with E-state index >= 15 is 0 Å². The van der Waals surface area contributed by atoms with Crippen molar-refractivity contribution in [1.82, 2.24) is 0 Å². The van der Waals surface area contributed by atoms with Crippen LogP contribution in [-0.4, -0.2) is 31.2 Å². The second-order valence-corrected chi connectivity index (χ2v) is 4.87. The van der Waals surface area contributed by atoms with E-state index in [1.165, 1.54) is 12.6 Å². The molecule has 0 saturated carbocycles. The number of carbonyl (C=O) groups excluding carboxylic acids is 1. The third-order valence-electron chi connectivity index (χ3n) is 3.13. The Balaban J connectivity index is 2.10. The molecule has 2 rings (SSSR count). The molecule has 4 nitrogen and oxygen atoms in total. The van der Waals surface area contributed by atoms with E-state index in [4.69, 9.17) is 4.74 Å². The van der Waals surface area contributed by atoms with Crippen LogP contribution in [0, 0.1) is 0 Å². The molecule has 1 aromatic rings. The maximum absolute atomic E-state index is 11.0. The molecular weight excluding hydrogens is 228 g/mol. The fraction of sp³-hybridized carbons (Fsp3) is 0.500. The molecule has 1 aromatic carbocycles. The molecular formula is C14H20N2O2. The van der Waals surface area contributed by atoms with Gasteiger partial charge in [0.05, 0.1) is 12.7 Å². The first-order valence-corrected chi connectivity index (χ1v) is 6.32. The summed E-state index contributed by atoms with van der Waals surface area (Å²) in [6, 6.07) is 8.33. The van der Waals surface area contributed by atoms with Crippen molar-refractivity contribution in [2.45, 2.75) is 32.9 Å². The van der Waals surface area contributed by atoms with Crippen molar-refractivity contribution in [3.05, 3.63) is 24.3 Å². The van der Waals surface area contributed by atoms with Crippen molar-refractivity contribution in [1.29, 1.82) is 0 Å². The number of nitrogens with one attached hydrogen (secondary N) is 1. The zero-order valence-corrected chi connectivity index (χ0v) is 11.1. The molecule has 1 N–H and O–H groups in total.